The highest BCUT2D eigenvalue weighted by atomic mass is 16.6. The lowest BCUT2D eigenvalue weighted by Crippen LogP contribution is -2.33. The highest BCUT2D eigenvalue weighted by molar-refractivity contribution is 6.01. The molecule has 21 heavy (non-hydrogen) atoms. The average Bonchev–Trinajstić information content (AvgIpc) is 3.01. The van der Waals surface area contributed by atoms with Crippen molar-refractivity contribution < 1.29 is 24.9 Å². The van der Waals surface area contributed by atoms with Gasteiger partial charge < -0.3 is 25.8 Å². The Morgan fingerprint density at radius 1 is 1.33 bits per heavy atom. The Labute approximate surface area is 117 Å². The van der Waals surface area contributed by atoms with Crippen molar-refractivity contribution in [2.75, 3.05) is 6.61 Å². The zero-order chi connectivity index (χ0) is 15.1. The fourth-order valence-electron chi connectivity index (χ4n) is 2.33. The third kappa shape index (κ3) is 2.05. The molecule has 0 saturated carbocycles. The number of hydrogen-bond acceptors (Lipinski definition) is 8. The number of carbonyl (C=O) groups excluding carboxylic acids is 1. The molecule has 10 nitrogen and oxygen atoms in total. The topological polar surface area (TPSA) is 157 Å². The van der Waals surface area contributed by atoms with Crippen LogP contribution in [0, 0.1) is 0 Å². The van der Waals surface area contributed by atoms with E-state index in [-0.39, 0.29) is 16.9 Å². The molecule has 3 rings (SSSR count). The Kier molecular flexibility index (Phi) is 3.29. The van der Waals surface area contributed by atoms with Gasteiger partial charge in [-0.1, -0.05) is 0 Å². The van der Waals surface area contributed by atoms with Crippen molar-refractivity contribution in [2.45, 2.75) is 24.5 Å². The van der Waals surface area contributed by atoms with Crippen LogP contribution in [0.1, 0.15) is 16.7 Å². The summed E-state index contributed by atoms with van der Waals surface area (Å²) in [5.41, 5.74) is 5.55. The molecule has 0 bridgehead atoms. The van der Waals surface area contributed by atoms with Crippen LogP contribution in [0.15, 0.2) is 12.7 Å². The normalized spacial score (nSPS) is 29.1. The number of imidazole rings is 1. The standard InChI is InChI=1S/C11H13N5O5/c12-9(20)5-6-10(14-2-13-5)16(3-15-6)11-8(19)7(18)4(1-17)21-11/h2-4,7-8,11,17-19H,1H2,(H2,12,20)/t4-,7-,8-,11?/m1/s1. The van der Waals surface area contributed by atoms with Crippen molar-refractivity contribution in [1.29, 1.82) is 0 Å². The Hall–Kier alpha value is -2.14. The monoisotopic (exact) mass is 295 g/mol. The van der Waals surface area contributed by atoms with Crippen LogP contribution in [0.5, 0.6) is 0 Å². The molecule has 1 fully saturated rings. The van der Waals surface area contributed by atoms with Crippen molar-refractivity contribution >= 4 is 17.1 Å². The van der Waals surface area contributed by atoms with Crippen LogP contribution in [0.4, 0.5) is 0 Å². The molecule has 0 aromatic carbocycles. The molecule has 0 aliphatic carbocycles. The minimum Gasteiger partial charge on any atom is -0.394 e. The van der Waals surface area contributed by atoms with Gasteiger partial charge in [0.05, 0.1) is 12.9 Å². The largest absolute Gasteiger partial charge is 0.394 e. The molecule has 5 N–H and O–H groups in total. The first-order chi connectivity index (χ1) is 10.0. The van der Waals surface area contributed by atoms with Gasteiger partial charge in [0.15, 0.2) is 17.6 Å². The third-order valence-corrected chi connectivity index (χ3v) is 3.38. The van der Waals surface area contributed by atoms with Gasteiger partial charge in [-0.25, -0.2) is 15.0 Å². The predicted octanol–water partition coefficient (Wildman–Crippen LogP) is -2.46. The number of nitrogens with two attached hydrogens (primary N) is 1. The first kappa shape index (κ1) is 13.8. The van der Waals surface area contributed by atoms with Gasteiger partial charge in [-0.3, -0.25) is 9.36 Å². The number of nitrogens with zero attached hydrogens (tertiary/aromatic N) is 4. The molecule has 1 unspecified atom stereocenters. The van der Waals surface area contributed by atoms with Crippen molar-refractivity contribution in [3.63, 3.8) is 0 Å². The molecule has 1 amide bonds. The number of aliphatic hydroxyl groups is 3. The van der Waals surface area contributed by atoms with E-state index in [9.17, 15) is 15.0 Å². The molecular weight excluding hydrogens is 282 g/mol. The van der Waals surface area contributed by atoms with Gasteiger partial charge in [-0.05, 0) is 0 Å². The van der Waals surface area contributed by atoms with Crippen LogP contribution in [-0.2, 0) is 4.74 Å². The van der Waals surface area contributed by atoms with Gasteiger partial charge in [0.25, 0.3) is 5.91 Å². The summed E-state index contributed by atoms with van der Waals surface area (Å²) in [4.78, 5) is 23.0. The van der Waals surface area contributed by atoms with E-state index in [1.807, 2.05) is 0 Å². The molecule has 112 valence electrons. The smallest absolute Gasteiger partial charge is 0.269 e. The first-order valence-corrected chi connectivity index (χ1v) is 6.14. The van der Waals surface area contributed by atoms with Crippen LogP contribution in [0.3, 0.4) is 0 Å². The highest BCUT2D eigenvalue weighted by Crippen LogP contribution is 2.31. The Morgan fingerprint density at radius 2 is 2.10 bits per heavy atom. The number of ether oxygens (including phenoxy) is 1. The van der Waals surface area contributed by atoms with E-state index >= 15 is 0 Å². The van der Waals surface area contributed by atoms with Gasteiger partial charge in [0.1, 0.15) is 30.2 Å². The maximum Gasteiger partial charge on any atom is 0.269 e. The summed E-state index contributed by atoms with van der Waals surface area (Å²) in [6, 6.07) is 0. The van der Waals surface area contributed by atoms with E-state index in [1.165, 1.54) is 10.9 Å². The fourth-order valence-corrected chi connectivity index (χ4v) is 2.33. The van der Waals surface area contributed by atoms with Crippen molar-refractivity contribution in [3.8, 4) is 0 Å². The Balaban J connectivity index is 2.06. The fraction of sp³-hybridized carbons (Fsp3) is 0.455. The molecule has 4 atom stereocenters. The van der Waals surface area contributed by atoms with E-state index in [2.05, 4.69) is 15.0 Å². The summed E-state index contributed by atoms with van der Waals surface area (Å²) in [6.07, 6.45) is -1.98. The summed E-state index contributed by atoms with van der Waals surface area (Å²) in [5.74, 6) is -0.756. The van der Waals surface area contributed by atoms with E-state index in [0.717, 1.165) is 6.33 Å². The van der Waals surface area contributed by atoms with Crippen molar-refractivity contribution in [1.82, 2.24) is 19.5 Å². The molecule has 1 aliphatic rings. The van der Waals surface area contributed by atoms with E-state index in [0.29, 0.717) is 0 Å². The maximum atomic E-state index is 11.3. The zero-order valence-electron chi connectivity index (χ0n) is 10.7. The van der Waals surface area contributed by atoms with E-state index < -0.39 is 37.1 Å². The second kappa shape index (κ2) is 5.00. The number of rotatable bonds is 3. The molecule has 1 saturated heterocycles. The van der Waals surface area contributed by atoms with Gasteiger partial charge in [-0.2, -0.15) is 0 Å². The third-order valence-electron chi connectivity index (χ3n) is 3.38. The minimum absolute atomic E-state index is 0.0505. The van der Waals surface area contributed by atoms with Crippen LogP contribution in [-0.4, -0.2) is 65.7 Å². The lowest BCUT2D eigenvalue weighted by Gasteiger charge is -2.16. The molecule has 0 spiro atoms. The Morgan fingerprint density at radius 3 is 2.71 bits per heavy atom. The zero-order valence-corrected chi connectivity index (χ0v) is 10.7. The molecule has 3 heterocycles. The minimum atomic E-state index is -1.27. The van der Waals surface area contributed by atoms with E-state index in [4.69, 9.17) is 15.6 Å². The molecule has 0 radical (unpaired) electrons. The molecule has 10 heteroatoms. The van der Waals surface area contributed by atoms with Crippen LogP contribution < -0.4 is 5.73 Å². The number of aliphatic hydroxyl groups excluding tert-OH is 3. The molecule has 2 aromatic rings. The van der Waals surface area contributed by atoms with Gasteiger partial charge >= 0.3 is 0 Å². The number of aromatic nitrogens is 4. The number of amides is 1. The summed E-state index contributed by atoms with van der Waals surface area (Å²) in [6.45, 7) is -0.442. The molecule has 1 aliphatic heterocycles. The van der Waals surface area contributed by atoms with Crippen LogP contribution in [0.2, 0.25) is 0 Å². The van der Waals surface area contributed by atoms with E-state index in [1.54, 1.807) is 0 Å². The average molecular weight is 295 g/mol. The number of fused-ring (bicyclic) bond motifs is 1. The molecular formula is C11H13N5O5. The van der Waals surface area contributed by atoms with Crippen molar-refractivity contribution in [3.05, 3.63) is 18.3 Å². The van der Waals surface area contributed by atoms with Crippen molar-refractivity contribution in [2.24, 2.45) is 5.73 Å². The number of hydrogen-bond donors (Lipinski definition) is 4. The second-order valence-corrected chi connectivity index (χ2v) is 4.64. The highest BCUT2D eigenvalue weighted by Gasteiger charge is 2.44. The predicted molar refractivity (Wildman–Crippen MR) is 66.9 cm³/mol. The lowest BCUT2D eigenvalue weighted by molar-refractivity contribution is -0.0511. The lowest BCUT2D eigenvalue weighted by atomic mass is 10.1. The van der Waals surface area contributed by atoms with Crippen LogP contribution >= 0.6 is 0 Å². The number of carbonyl (C=O) groups is 1. The SMILES string of the molecule is NC(=O)c1ncnc2c1ncn2C1O[C@H](CO)[C@@H](O)[C@H]1O. The van der Waals surface area contributed by atoms with Gasteiger partial charge in [-0.15, -0.1) is 0 Å². The Bertz CT molecular complexity index is 689. The van der Waals surface area contributed by atoms with Gasteiger partial charge in [0.2, 0.25) is 0 Å². The summed E-state index contributed by atoms with van der Waals surface area (Å²) in [5, 5.41) is 28.9. The maximum absolute atomic E-state index is 11.3. The second-order valence-electron chi connectivity index (χ2n) is 4.64. The van der Waals surface area contributed by atoms with Crippen LogP contribution in [0.25, 0.3) is 11.2 Å². The summed E-state index contributed by atoms with van der Waals surface area (Å²) < 4.78 is 6.74. The quantitative estimate of drug-likeness (QED) is 0.485. The summed E-state index contributed by atoms with van der Waals surface area (Å²) >= 11 is 0. The summed E-state index contributed by atoms with van der Waals surface area (Å²) in [7, 11) is 0. The number of primary amides is 1. The first-order valence-electron chi connectivity index (χ1n) is 6.14. The molecule has 2 aromatic heterocycles. The van der Waals surface area contributed by atoms with Gasteiger partial charge in [0, 0.05) is 0 Å².